The number of aryl methyl sites for hydroxylation is 1. The highest BCUT2D eigenvalue weighted by Crippen LogP contribution is 2.34. The molecule has 10 heteroatoms. The number of imide groups is 1. The highest BCUT2D eigenvalue weighted by Gasteiger charge is 2.34. The molecule has 8 nitrogen and oxygen atoms in total. The molecule has 0 unspecified atom stereocenters. The van der Waals surface area contributed by atoms with Crippen molar-refractivity contribution in [2.24, 2.45) is 0 Å². The third kappa shape index (κ3) is 5.02. The molecular formula is C25H23FN2O6S. The molecule has 0 bridgehead atoms. The lowest BCUT2D eigenvalue weighted by Gasteiger charge is -2.12. The van der Waals surface area contributed by atoms with Gasteiger partial charge in [0.1, 0.15) is 11.4 Å². The minimum Gasteiger partial charge on any atom is -0.493 e. The fourth-order valence-electron chi connectivity index (χ4n) is 3.66. The monoisotopic (exact) mass is 498 g/mol. The summed E-state index contributed by atoms with van der Waals surface area (Å²) in [5.74, 6) is -0.221. The normalized spacial score (nSPS) is 14.7. The van der Waals surface area contributed by atoms with Crippen LogP contribution in [0.4, 0.5) is 9.18 Å². The van der Waals surface area contributed by atoms with Gasteiger partial charge in [-0.1, -0.05) is 6.07 Å². The molecule has 4 rings (SSSR count). The number of fused-ring (bicyclic) bond motifs is 1. The number of thioether (sulfide) groups is 1. The summed E-state index contributed by atoms with van der Waals surface area (Å²) in [6.07, 6.45) is 1.61. The van der Waals surface area contributed by atoms with Gasteiger partial charge in [0.15, 0.2) is 17.3 Å². The third-order valence-corrected chi connectivity index (χ3v) is 6.29. The van der Waals surface area contributed by atoms with Crippen LogP contribution >= 0.6 is 11.8 Å². The van der Waals surface area contributed by atoms with E-state index < -0.39 is 22.9 Å². The van der Waals surface area contributed by atoms with Crippen LogP contribution in [-0.4, -0.2) is 48.8 Å². The Labute approximate surface area is 205 Å². The second kappa shape index (κ2) is 10.2. The largest absolute Gasteiger partial charge is 0.493 e. The van der Waals surface area contributed by atoms with Gasteiger partial charge in [-0.15, -0.1) is 0 Å². The minimum atomic E-state index is -0.511. The first-order chi connectivity index (χ1) is 16.8. The average molecular weight is 499 g/mol. The van der Waals surface area contributed by atoms with Crippen molar-refractivity contribution in [2.45, 2.75) is 13.8 Å². The molecule has 182 valence electrons. The first kappa shape index (κ1) is 24.3. The van der Waals surface area contributed by atoms with Crippen molar-refractivity contribution in [1.82, 2.24) is 10.2 Å². The predicted molar refractivity (Wildman–Crippen MR) is 130 cm³/mol. The van der Waals surface area contributed by atoms with Crippen molar-refractivity contribution in [2.75, 3.05) is 26.8 Å². The van der Waals surface area contributed by atoms with Crippen molar-refractivity contribution in [1.29, 1.82) is 0 Å². The summed E-state index contributed by atoms with van der Waals surface area (Å²) in [5, 5.41) is 2.73. The lowest BCUT2D eigenvalue weighted by atomic mass is 10.1. The van der Waals surface area contributed by atoms with E-state index in [9.17, 15) is 18.8 Å². The summed E-state index contributed by atoms with van der Waals surface area (Å²) >= 11 is 0.826. The zero-order valence-electron chi connectivity index (χ0n) is 19.3. The highest BCUT2D eigenvalue weighted by molar-refractivity contribution is 8.18. The van der Waals surface area contributed by atoms with Crippen LogP contribution < -0.4 is 14.8 Å². The molecular weight excluding hydrogens is 475 g/mol. The van der Waals surface area contributed by atoms with Gasteiger partial charge in [-0.2, -0.15) is 0 Å². The number of hydrogen-bond donors (Lipinski definition) is 1. The fourth-order valence-corrected chi connectivity index (χ4v) is 4.53. The Hall–Kier alpha value is -3.79. The molecule has 2 aromatic carbocycles. The Morgan fingerprint density at radius 1 is 1.20 bits per heavy atom. The Bertz CT molecular complexity index is 1350. The molecule has 0 atom stereocenters. The molecule has 1 N–H and O–H groups in total. The van der Waals surface area contributed by atoms with Crippen LogP contribution in [0, 0.1) is 12.7 Å². The van der Waals surface area contributed by atoms with Crippen LogP contribution in [0.1, 0.15) is 28.6 Å². The second-order valence-electron chi connectivity index (χ2n) is 7.63. The molecule has 0 saturated carbocycles. The van der Waals surface area contributed by atoms with E-state index in [0.717, 1.165) is 16.7 Å². The summed E-state index contributed by atoms with van der Waals surface area (Å²) in [6, 6.07) is 9.24. The van der Waals surface area contributed by atoms with E-state index in [0.29, 0.717) is 40.2 Å². The molecule has 1 aromatic heterocycles. The van der Waals surface area contributed by atoms with E-state index in [1.165, 1.54) is 25.3 Å². The molecule has 0 aliphatic carbocycles. The number of rotatable bonds is 8. The molecule has 1 aliphatic rings. The molecule has 2 heterocycles. The maximum absolute atomic E-state index is 13.5. The van der Waals surface area contributed by atoms with E-state index in [2.05, 4.69) is 5.32 Å². The SMILES string of the molecule is CCOc1ccc(/C=C2\SC(=O)N(CCNC(=O)c3oc4ccc(F)cc4c3C)C2=O)cc1OC. The van der Waals surface area contributed by atoms with Crippen LogP contribution in [0.2, 0.25) is 0 Å². The van der Waals surface area contributed by atoms with E-state index in [1.807, 2.05) is 6.92 Å². The molecule has 1 saturated heterocycles. The van der Waals surface area contributed by atoms with Crippen molar-refractivity contribution in [3.63, 3.8) is 0 Å². The lowest BCUT2D eigenvalue weighted by molar-refractivity contribution is -0.122. The van der Waals surface area contributed by atoms with Gasteiger partial charge in [0.25, 0.3) is 17.1 Å². The molecule has 3 amide bonds. The Kier molecular flexibility index (Phi) is 7.11. The van der Waals surface area contributed by atoms with E-state index in [1.54, 1.807) is 31.2 Å². The summed E-state index contributed by atoms with van der Waals surface area (Å²) in [6.45, 7) is 4.04. The average Bonchev–Trinajstić information content (AvgIpc) is 3.30. The van der Waals surface area contributed by atoms with Gasteiger partial charge in [0.05, 0.1) is 18.6 Å². The maximum atomic E-state index is 13.5. The first-order valence-electron chi connectivity index (χ1n) is 10.9. The summed E-state index contributed by atoms with van der Waals surface area (Å²) in [7, 11) is 1.52. The van der Waals surface area contributed by atoms with Crippen LogP contribution in [0.5, 0.6) is 11.5 Å². The smallest absolute Gasteiger partial charge is 0.293 e. The number of carbonyl (C=O) groups is 3. The lowest BCUT2D eigenvalue weighted by Crippen LogP contribution is -2.37. The topological polar surface area (TPSA) is 98.1 Å². The van der Waals surface area contributed by atoms with Gasteiger partial charge in [-0.25, -0.2) is 4.39 Å². The van der Waals surface area contributed by atoms with Crippen molar-refractivity contribution in [3.8, 4) is 11.5 Å². The molecule has 1 aliphatic heterocycles. The van der Waals surface area contributed by atoms with Crippen LogP contribution in [0.3, 0.4) is 0 Å². The zero-order valence-corrected chi connectivity index (χ0v) is 20.2. The van der Waals surface area contributed by atoms with Crippen molar-refractivity contribution in [3.05, 3.63) is 64.0 Å². The number of furan rings is 1. The Balaban J connectivity index is 1.40. The van der Waals surface area contributed by atoms with Crippen molar-refractivity contribution < 1.29 is 32.7 Å². The number of nitrogens with one attached hydrogen (secondary N) is 1. The summed E-state index contributed by atoms with van der Waals surface area (Å²) < 4.78 is 29.9. The maximum Gasteiger partial charge on any atom is 0.293 e. The molecule has 3 aromatic rings. The van der Waals surface area contributed by atoms with Crippen LogP contribution in [0.15, 0.2) is 45.7 Å². The number of hydrogen-bond acceptors (Lipinski definition) is 7. The molecule has 1 fully saturated rings. The van der Waals surface area contributed by atoms with Gasteiger partial charge in [-0.3, -0.25) is 19.3 Å². The number of carbonyl (C=O) groups excluding carboxylic acids is 3. The Morgan fingerprint density at radius 3 is 2.74 bits per heavy atom. The van der Waals surface area contributed by atoms with Gasteiger partial charge in [-0.05, 0) is 67.6 Å². The highest BCUT2D eigenvalue weighted by atomic mass is 32.2. The number of amides is 3. The fraction of sp³-hybridized carbons (Fsp3) is 0.240. The molecule has 35 heavy (non-hydrogen) atoms. The first-order valence-corrected chi connectivity index (χ1v) is 11.7. The quantitative estimate of drug-likeness (QED) is 0.448. The van der Waals surface area contributed by atoms with Gasteiger partial charge in [0, 0.05) is 24.0 Å². The number of nitrogens with zero attached hydrogens (tertiary/aromatic N) is 1. The van der Waals surface area contributed by atoms with E-state index in [4.69, 9.17) is 13.9 Å². The predicted octanol–water partition coefficient (Wildman–Crippen LogP) is 4.75. The van der Waals surface area contributed by atoms with Crippen LogP contribution in [-0.2, 0) is 4.79 Å². The number of ether oxygens (including phenoxy) is 2. The number of benzene rings is 2. The Morgan fingerprint density at radius 2 is 2.00 bits per heavy atom. The van der Waals surface area contributed by atoms with Gasteiger partial charge >= 0.3 is 0 Å². The zero-order chi connectivity index (χ0) is 25.1. The van der Waals surface area contributed by atoms with E-state index >= 15 is 0 Å². The summed E-state index contributed by atoms with van der Waals surface area (Å²) in [4.78, 5) is 39.1. The van der Waals surface area contributed by atoms with Crippen molar-refractivity contribution >= 4 is 45.9 Å². The molecule has 0 radical (unpaired) electrons. The molecule has 0 spiro atoms. The number of halogens is 1. The standard InChI is InChI=1S/C25H23FN2O6S/c1-4-33-19-7-5-15(11-20(19)32-3)12-21-24(30)28(25(31)35-21)10-9-27-23(29)22-14(2)17-13-16(26)6-8-18(17)34-22/h5-8,11-13H,4,9-10H2,1-3H3,(H,27,29)/b21-12-. The van der Waals surface area contributed by atoms with Gasteiger partial charge < -0.3 is 19.2 Å². The van der Waals surface area contributed by atoms with Crippen LogP contribution in [0.25, 0.3) is 17.0 Å². The minimum absolute atomic E-state index is 0.00570. The summed E-state index contributed by atoms with van der Waals surface area (Å²) in [5.41, 5.74) is 1.59. The number of methoxy groups -OCH3 is 1. The van der Waals surface area contributed by atoms with E-state index in [-0.39, 0.29) is 23.8 Å². The third-order valence-electron chi connectivity index (χ3n) is 5.38. The second-order valence-corrected chi connectivity index (χ2v) is 8.62. The van der Waals surface area contributed by atoms with Gasteiger partial charge in [0.2, 0.25) is 0 Å².